The Morgan fingerprint density at radius 1 is 1.19 bits per heavy atom. The van der Waals surface area contributed by atoms with Crippen molar-refractivity contribution in [2.24, 2.45) is 7.05 Å². The summed E-state index contributed by atoms with van der Waals surface area (Å²) >= 11 is 0. The molecule has 0 aliphatic carbocycles. The fourth-order valence-corrected chi connectivity index (χ4v) is 2.88. The molecule has 1 atom stereocenters. The molecule has 0 spiro atoms. The average Bonchev–Trinajstić information content (AvgIpc) is 2.59. The molecule has 1 N–H and O–H groups in total. The van der Waals surface area contributed by atoms with Gasteiger partial charge in [0.1, 0.15) is 11.6 Å². The minimum atomic E-state index is -0.719. The second-order valence-electron chi connectivity index (χ2n) is 6.05. The molecule has 2 aromatic carbocycles. The fraction of sp³-hybridized carbons (Fsp3) is 0.211. The van der Waals surface area contributed by atoms with E-state index in [4.69, 9.17) is 0 Å². The third-order valence-corrected chi connectivity index (χ3v) is 4.17. The summed E-state index contributed by atoms with van der Waals surface area (Å²) in [4.78, 5) is 24.5. The van der Waals surface area contributed by atoms with Crippen molar-refractivity contribution < 1.29 is 13.6 Å². The number of aromatic nitrogens is 2. The Balaban J connectivity index is 1.83. The summed E-state index contributed by atoms with van der Waals surface area (Å²) in [5, 5.41) is 7.93. The highest BCUT2D eigenvalue weighted by Crippen LogP contribution is 2.18. The van der Waals surface area contributed by atoms with Crippen molar-refractivity contribution in [1.82, 2.24) is 15.1 Å². The van der Waals surface area contributed by atoms with Gasteiger partial charge in [-0.25, -0.2) is 13.5 Å². The second kappa shape index (κ2) is 7.03. The van der Waals surface area contributed by atoms with Crippen LogP contribution in [0.25, 0.3) is 10.8 Å². The van der Waals surface area contributed by atoms with Gasteiger partial charge in [0.05, 0.1) is 23.5 Å². The van der Waals surface area contributed by atoms with Gasteiger partial charge in [0.15, 0.2) is 0 Å². The molecule has 0 saturated carbocycles. The van der Waals surface area contributed by atoms with Crippen molar-refractivity contribution in [3.63, 3.8) is 0 Å². The second-order valence-corrected chi connectivity index (χ2v) is 6.05. The summed E-state index contributed by atoms with van der Waals surface area (Å²) in [7, 11) is 1.52. The molecular weight excluding hydrogens is 340 g/mol. The lowest BCUT2D eigenvalue weighted by Gasteiger charge is -2.15. The number of rotatable bonds is 4. The monoisotopic (exact) mass is 357 g/mol. The number of aryl methyl sites for hydroxylation is 1. The van der Waals surface area contributed by atoms with E-state index < -0.39 is 17.7 Å². The number of carbonyl (C=O) groups is 1. The van der Waals surface area contributed by atoms with Gasteiger partial charge < -0.3 is 5.32 Å². The minimum absolute atomic E-state index is 0.0677. The van der Waals surface area contributed by atoms with Crippen molar-refractivity contribution in [3.8, 4) is 0 Å². The Hall–Kier alpha value is -3.09. The summed E-state index contributed by atoms with van der Waals surface area (Å²) in [5.41, 5.74) is 0.400. The van der Waals surface area contributed by atoms with Crippen molar-refractivity contribution in [2.45, 2.75) is 19.4 Å². The van der Waals surface area contributed by atoms with E-state index in [0.717, 1.165) is 12.1 Å². The van der Waals surface area contributed by atoms with Gasteiger partial charge in [0.25, 0.3) is 5.56 Å². The molecule has 1 aromatic heterocycles. The normalized spacial score (nSPS) is 12.2. The van der Waals surface area contributed by atoms with E-state index in [9.17, 15) is 18.4 Å². The molecule has 0 radical (unpaired) electrons. The lowest BCUT2D eigenvalue weighted by molar-refractivity contribution is -0.121. The Bertz CT molecular complexity index is 1050. The molecule has 0 saturated heterocycles. The topological polar surface area (TPSA) is 64.0 Å². The van der Waals surface area contributed by atoms with Crippen LogP contribution in [-0.2, 0) is 18.3 Å². The zero-order valence-electron chi connectivity index (χ0n) is 14.3. The molecule has 134 valence electrons. The Morgan fingerprint density at radius 3 is 2.58 bits per heavy atom. The molecule has 7 heteroatoms. The van der Waals surface area contributed by atoms with Crippen LogP contribution in [0.1, 0.15) is 24.2 Å². The van der Waals surface area contributed by atoms with Gasteiger partial charge in [0.2, 0.25) is 5.91 Å². The fourth-order valence-electron chi connectivity index (χ4n) is 2.88. The van der Waals surface area contributed by atoms with E-state index in [1.54, 1.807) is 31.2 Å². The van der Waals surface area contributed by atoms with Gasteiger partial charge in [-0.1, -0.05) is 24.3 Å². The predicted octanol–water partition coefficient (Wildman–Crippen LogP) is 2.63. The lowest BCUT2D eigenvalue weighted by Crippen LogP contribution is -2.30. The SMILES string of the molecule is C[C@H](NC(=O)Cc1nn(C)c(=O)c2ccccc12)c1ccc(F)cc1F. The van der Waals surface area contributed by atoms with Gasteiger partial charge in [0, 0.05) is 24.1 Å². The Labute approximate surface area is 148 Å². The summed E-state index contributed by atoms with van der Waals surface area (Å²) in [5.74, 6) is -1.77. The Kier molecular flexibility index (Phi) is 4.79. The van der Waals surface area contributed by atoms with E-state index in [-0.39, 0.29) is 23.5 Å². The van der Waals surface area contributed by atoms with Crippen LogP contribution in [0, 0.1) is 11.6 Å². The van der Waals surface area contributed by atoms with E-state index in [0.29, 0.717) is 16.5 Å². The largest absolute Gasteiger partial charge is 0.349 e. The number of benzene rings is 2. The molecule has 3 rings (SSSR count). The van der Waals surface area contributed by atoms with Crippen LogP contribution >= 0.6 is 0 Å². The first kappa shape index (κ1) is 17.7. The number of hydrogen-bond acceptors (Lipinski definition) is 3. The molecule has 0 unspecified atom stereocenters. The van der Waals surface area contributed by atoms with Crippen molar-refractivity contribution in [2.75, 3.05) is 0 Å². The first-order valence-electron chi connectivity index (χ1n) is 8.06. The maximum absolute atomic E-state index is 13.8. The zero-order valence-corrected chi connectivity index (χ0v) is 14.3. The molecule has 26 heavy (non-hydrogen) atoms. The number of nitrogens with one attached hydrogen (secondary N) is 1. The third kappa shape index (κ3) is 3.46. The summed E-state index contributed by atoms with van der Waals surface area (Å²) in [6.07, 6.45) is -0.0677. The molecule has 5 nitrogen and oxygen atoms in total. The molecule has 0 fully saturated rings. The highest BCUT2D eigenvalue weighted by atomic mass is 19.1. The van der Waals surface area contributed by atoms with E-state index in [2.05, 4.69) is 10.4 Å². The molecule has 0 aliphatic rings. The number of fused-ring (bicyclic) bond motifs is 1. The first-order valence-corrected chi connectivity index (χ1v) is 8.06. The van der Waals surface area contributed by atoms with Crippen LogP contribution in [0.2, 0.25) is 0 Å². The number of nitrogens with zero attached hydrogens (tertiary/aromatic N) is 2. The third-order valence-electron chi connectivity index (χ3n) is 4.17. The van der Waals surface area contributed by atoms with E-state index in [1.807, 2.05) is 0 Å². The highest BCUT2D eigenvalue weighted by Gasteiger charge is 2.17. The number of hydrogen-bond donors (Lipinski definition) is 1. The summed E-state index contributed by atoms with van der Waals surface area (Å²) < 4.78 is 28.0. The number of amides is 1. The smallest absolute Gasteiger partial charge is 0.274 e. The Morgan fingerprint density at radius 2 is 1.88 bits per heavy atom. The molecule has 1 amide bonds. The van der Waals surface area contributed by atoms with Gasteiger partial charge in [-0.15, -0.1) is 0 Å². The molecule has 0 aliphatic heterocycles. The van der Waals surface area contributed by atoms with Crippen LogP contribution in [0.3, 0.4) is 0 Å². The molecular formula is C19H17F2N3O2. The van der Waals surface area contributed by atoms with Gasteiger partial charge in [-0.2, -0.15) is 5.10 Å². The van der Waals surface area contributed by atoms with Gasteiger partial charge in [-0.05, 0) is 19.1 Å². The van der Waals surface area contributed by atoms with Crippen LogP contribution in [-0.4, -0.2) is 15.7 Å². The van der Waals surface area contributed by atoms with E-state index in [1.165, 1.54) is 17.8 Å². The van der Waals surface area contributed by atoms with Crippen LogP contribution in [0.15, 0.2) is 47.3 Å². The van der Waals surface area contributed by atoms with Crippen LogP contribution in [0.5, 0.6) is 0 Å². The van der Waals surface area contributed by atoms with Crippen LogP contribution in [0.4, 0.5) is 8.78 Å². The number of carbonyl (C=O) groups excluding carboxylic acids is 1. The summed E-state index contributed by atoms with van der Waals surface area (Å²) in [6.45, 7) is 1.61. The van der Waals surface area contributed by atoms with Gasteiger partial charge >= 0.3 is 0 Å². The summed E-state index contributed by atoms with van der Waals surface area (Å²) in [6, 6.07) is 9.50. The molecule has 1 heterocycles. The molecule has 3 aromatic rings. The highest BCUT2D eigenvalue weighted by molar-refractivity contribution is 5.88. The maximum Gasteiger partial charge on any atom is 0.274 e. The average molecular weight is 357 g/mol. The minimum Gasteiger partial charge on any atom is -0.349 e. The molecule has 0 bridgehead atoms. The van der Waals surface area contributed by atoms with Crippen molar-refractivity contribution in [1.29, 1.82) is 0 Å². The van der Waals surface area contributed by atoms with Crippen molar-refractivity contribution in [3.05, 3.63) is 75.7 Å². The van der Waals surface area contributed by atoms with E-state index >= 15 is 0 Å². The quantitative estimate of drug-likeness (QED) is 0.781. The lowest BCUT2D eigenvalue weighted by atomic mass is 10.1. The van der Waals surface area contributed by atoms with Gasteiger partial charge in [-0.3, -0.25) is 9.59 Å². The number of halogens is 2. The first-order chi connectivity index (χ1) is 12.4. The maximum atomic E-state index is 13.8. The standard InChI is InChI=1S/C19H17F2N3O2/c1-11(13-8-7-12(20)9-16(13)21)22-18(25)10-17-14-5-3-4-6-15(14)19(26)24(2)23-17/h3-9,11H,10H2,1-2H3,(H,22,25)/t11-/m0/s1. The zero-order chi connectivity index (χ0) is 18.8. The predicted molar refractivity (Wildman–Crippen MR) is 93.6 cm³/mol. The van der Waals surface area contributed by atoms with Crippen LogP contribution < -0.4 is 10.9 Å². The van der Waals surface area contributed by atoms with Crippen molar-refractivity contribution >= 4 is 16.7 Å².